The van der Waals surface area contributed by atoms with Gasteiger partial charge in [0.1, 0.15) is 24.6 Å². The van der Waals surface area contributed by atoms with Crippen LogP contribution in [-0.2, 0) is 38.6 Å². The van der Waals surface area contributed by atoms with E-state index in [1.54, 1.807) is 0 Å². The first-order valence-corrected chi connectivity index (χ1v) is 14.2. The molecule has 1 fully saturated rings. The molecule has 7 heteroatoms. The SMILES string of the molecule is CC[C@H]1O[C@@H](c2ccc(Cl)c(CC3=NCC(=O)C=N3)c2)[C@H](OCc2ccccc2)[C@@H](OCc2ccccc2)[C@@H]1C. The van der Waals surface area contributed by atoms with Gasteiger partial charge in [0.25, 0.3) is 0 Å². The van der Waals surface area contributed by atoms with Gasteiger partial charge in [0.2, 0.25) is 0 Å². The number of rotatable bonds is 10. The lowest BCUT2D eigenvalue weighted by molar-refractivity contribution is -0.234. The fraction of sp³-hybridized carbons (Fsp3) is 0.364. The molecule has 0 aromatic heterocycles. The minimum atomic E-state index is -0.361. The summed E-state index contributed by atoms with van der Waals surface area (Å²) in [4.78, 5) is 20.0. The quantitative estimate of drug-likeness (QED) is 0.281. The maximum absolute atomic E-state index is 11.5. The van der Waals surface area contributed by atoms with Crippen LogP contribution in [0.5, 0.6) is 0 Å². The van der Waals surface area contributed by atoms with E-state index >= 15 is 0 Å². The second kappa shape index (κ2) is 13.5. The Morgan fingerprint density at radius 3 is 2.17 bits per heavy atom. The van der Waals surface area contributed by atoms with Gasteiger partial charge >= 0.3 is 0 Å². The number of halogens is 1. The predicted octanol–water partition coefficient (Wildman–Crippen LogP) is 6.59. The first-order chi connectivity index (χ1) is 19.5. The van der Waals surface area contributed by atoms with Crippen LogP contribution in [0.2, 0.25) is 5.02 Å². The molecule has 0 amide bonds. The van der Waals surface area contributed by atoms with Crippen LogP contribution in [0.15, 0.2) is 88.8 Å². The molecule has 3 aromatic rings. The average molecular weight is 559 g/mol. The summed E-state index contributed by atoms with van der Waals surface area (Å²) in [6.45, 7) is 5.39. The van der Waals surface area contributed by atoms with E-state index in [1.165, 1.54) is 6.21 Å². The fourth-order valence-corrected chi connectivity index (χ4v) is 5.53. The number of hydrogen-bond donors (Lipinski definition) is 0. The van der Waals surface area contributed by atoms with Crippen molar-refractivity contribution < 1.29 is 19.0 Å². The summed E-state index contributed by atoms with van der Waals surface area (Å²) in [5.74, 6) is 0.615. The Morgan fingerprint density at radius 2 is 1.57 bits per heavy atom. The highest BCUT2D eigenvalue weighted by molar-refractivity contribution is 6.33. The Kier molecular flexibility index (Phi) is 9.55. The molecule has 0 N–H and O–H groups in total. The van der Waals surface area contributed by atoms with Gasteiger partial charge in [-0.1, -0.05) is 98.2 Å². The maximum atomic E-state index is 11.5. The molecule has 5 atom stereocenters. The average Bonchev–Trinajstić information content (AvgIpc) is 2.99. The predicted molar refractivity (Wildman–Crippen MR) is 158 cm³/mol. The molecule has 5 rings (SSSR count). The van der Waals surface area contributed by atoms with Gasteiger partial charge in [0.05, 0.1) is 31.6 Å². The molecule has 0 unspecified atom stereocenters. The van der Waals surface area contributed by atoms with E-state index in [0.29, 0.717) is 30.5 Å². The van der Waals surface area contributed by atoms with Crippen LogP contribution in [0.4, 0.5) is 0 Å². The van der Waals surface area contributed by atoms with Gasteiger partial charge in [-0.2, -0.15) is 0 Å². The smallest absolute Gasteiger partial charge is 0.195 e. The van der Waals surface area contributed by atoms with Gasteiger partial charge in [0, 0.05) is 17.4 Å². The van der Waals surface area contributed by atoms with Crippen molar-refractivity contribution in [2.24, 2.45) is 15.9 Å². The van der Waals surface area contributed by atoms with Crippen LogP contribution in [0, 0.1) is 5.92 Å². The number of ketones is 1. The molecule has 3 aromatic carbocycles. The summed E-state index contributed by atoms with van der Waals surface area (Å²) >= 11 is 6.62. The van der Waals surface area contributed by atoms with Crippen molar-refractivity contribution in [3.05, 3.63) is 106 Å². The zero-order valence-electron chi connectivity index (χ0n) is 22.9. The van der Waals surface area contributed by atoms with Gasteiger partial charge in [-0.3, -0.25) is 9.79 Å². The molecule has 0 radical (unpaired) electrons. The highest BCUT2D eigenvalue weighted by Gasteiger charge is 2.45. The Morgan fingerprint density at radius 1 is 0.925 bits per heavy atom. The number of amidine groups is 1. The van der Waals surface area contributed by atoms with Crippen LogP contribution in [-0.4, -0.2) is 42.7 Å². The van der Waals surface area contributed by atoms with Gasteiger partial charge < -0.3 is 14.2 Å². The highest BCUT2D eigenvalue weighted by Crippen LogP contribution is 2.41. The zero-order chi connectivity index (χ0) is 27.9. The molecule has 6 nitrogen and oxygen atoms in total. The second-order valence-electron chi connectivity index (χ2n) is 10.4. The van der Waals surface area contributed by atoms with Crippen molar-refractivity contribution in [2.75, 3.05) is 6.54 Å². The Labute approximate surface area is 241 Å². The minimum absolute atomic E-state index is 0.000177. The second-order valence-corrected chi connectivity index (χ2v) is 10.8. The number of hydrogen-bond acceptors (Lipinski definition) is 6. The van der Waals surface area contributed by atoms with Gasteiger partial charge in [0.15, 0.2) is 5.78 Å². The molecule has 208 valence electrons. The van der Waals surface area contributed by atoms with Crippen molar-refractivity contribution in [3.8, 4) is 0 Å². The summed E-state index contributed by atoms with van der Waals surface area (Å²) < 4.78 is 20.1. The van der Waals surface area contributed by atoms with Crippen LogP contribution in [0.25, 0.3) is 0 Å². The normalized spacial score (nSPS) is 24.6. The summed E-state index contributed by atoms with van der Waals surface area (Å²) in [5, 5.41) is 0.619. The van der Waals surface area contributed by atoms with Crippen molar-refractivity contribution in [2.45, 2.75) is 64.3 Å². The number of carbonyl (C=O) groups excluding carboxylic acids is 1. The molecule has 2 aliphatic heterocycles. The Bertz CT molecular complexity index is 1350. The van der Waals surface area contributed by atoms with E-state index in [1.807, 2.05) is 48.5 Å². The highest BCUT2D eigenvalue weighted by atomic mass is 35.5. The third kappa shape index (κ3) is 6.94. The lowest BCUT2D eigenvalue weighted by Gasteiger charge is -2.46. The van der Waals surface area contributed by atoms with E-state index in [-0.39, 0.29) is 42.7 Å². The summed E-state index contributed by atoms with van der Waals surface area (Å²) in [5.41, 5.74) is 4.05. The lowest BCUT2D eigenvalue weighted by Crippen LogP contribution is -2.51. The van der Waals surface area contributed by atoms with Crippen LogP contribution >= 0.6 is 11.6 Å². The van der Waals surface area contributed by atoms with Gasteiger partial charge in [-0.05, 0) is 34.7 Å². The number of Topliss-reactive ketones (excluding diaryl/α,β-unsaturated/α-hetero) is 1. The number of carbonyl (C=O) groups is 1. The number of nitrogens with zero attached hydrogens (tertiary/aromatic N) is 2. The summed E-state index contributed by atoms with van der Waals surface area (Å²) in [7, 11) is 0. The number of benzene rings is 3. The van der Waals surface area contributed by atoms with Crippen LogP contribution in [0.3, 0.4) is 0 Å². The molecular weight excluding hydrogens is 524 g/mol. The lowest BCUT2D eigenvalue weighted by atomic mass is 9.84. The largest absolute Gasteiger partial charge is 0.370 e. The van der Waals surface area contributed by atoms with Crippen LogP contribution < -0.4 is 0 Å². The maximum Gasteiger partial charge on any atom is 0.195 e. The first kappa shape index (κ1) is 28.4. The molecule has 2 heterocycles. The standard InChI is InChI=1S/C33H35ClN2O4/c1-3-29-22(2)31(38-20-23-10-6-4-7-11-23)33(39-21-24-12-8-5-9-13-24)32(40-29)25-14-15-28(34)26(16-25)17-30-35-18-27(37)19-36-30/h4-16,18,22,29,31-33H,3,17,19-21H2,1-2H3/t22-,29-,31+,32+,33-/m1/s1. The minimum Gasteiger partial charge on any atom is -0.370 e. The molecule has 0 spiro atoms. The summed E-state index contributed by atoms with van der Waals surface area (Å²) in [6, 6.07) is 26.3. The summed E-state index contributed by atoms with van der Waals surface area (Å²) in [6.07, 6.45) is 1.72. The number of ether oxygens (including phenoxy) is 3. The molecule has 0 bridgehead atoms. The molecule has 1 saturated heterocycles. The van der Waals surface area contributed by atoms with Crippen molar-refractivity contribution >= 4 is 29.4 Å². The fourth-order valence-electron chi connectivity index (χ4n) is 5.35. The van der Waals surface area contributed by atoms with Gasteiger partial charge in [-0.15, -0.1) is 0 Å². The van der Waals surface area contributed by atoms with Gasteiger partial charge in [-0.25, -0.2) is 4.99 Å². The molecular formula is C33H35ClN2O4. The van der Waals surface area contributed by atoms with E-state index in [4.69, 9.17) is 25.8 Å². The molecule has 2 aliphatic rings. The first-order valence-electron chi connectivity index (χ1n) is 13.9. The monoisotopic (exact) mass is 558 g/mol. The van der Waals surface area contributed by atoms with E-state index in [9.17, 15) is 4.79 Å². The molecule has 0 aliphatic carbocycles. The topological polar surface area (TPSA) is 69.5 Å². The van der Waals surface area contributed by atoms with E-state index < -0.39 is 0 Å². The van der Waals surface area contributed by atoms with E-state index in [2.05, 4.69) is 54.2 Å². The van der Waals surface area contributed by atoms with E-state index in [0.717, 1.165) is 28.7 Å². The molecule has 40 heavy (non-hydrogen) atoms. The number of aliphatic imine (C=N–C) groups is 2. The molecule has 0 saturated carbocycles. The third-order valence-electron chi connectivity index (χ3n) is 7.54. The Hall–Kier alpha value is -3.16. The Balaban J connectivity index is 1.45. The van der Waals surface area contributed by atoms with Crippen molar-refractivity contribution in [1.29, 1.82) is 0 Å². The van der Waals surface area contributed by atoms with Crippen molar-refractivity contribution in [3.63, 3.8) is 0 Å². The van der Waals surface area contributed by atoms with Crippen molar-refractivity contribution in [1.82, 2.24) is 0 Å². The third-order valence-corrected chi connectivity index (χ3v) is 7.91. The zero-order valence-corrected chi connectivity index (χ0v) is 23.7. The van der Waals surface area contributed by atoms with Crippen LogP contribution in [0.1, 0.15) is 48.6 Å².